The van der Waals surface area contributed by atoms with Crippen molar-refractivity contribution >= 4 is 33.2 Å². The van der Waals surface area contributed by atoms with Crippen LogP contribution in [0.2, 0.25) is 0 Å². The minimum Gasteiger partial charge on any atom is -0.342 e. The number of hydrogen-bond acceptors (Lipinski definition) is 3. The van der Waals surface area contributed by atoms with Crippen LogP contribution in [-0.4, -0.2) is 29.3 Å². The minimum absolute atomic E-state index is 0.0151. The van der Waals surface area contributed by atoms with Gasteiger partial charge in [-0.2, -0.15) is 0 Å². The molecular weight excluding hydrogens is 332 g/mol. The van der Waals surface area contributed by atoms with Gasteiger partial charge in [0.05, 0.1) is 6.54 Å². The van der Waals surface area contributed by atoms with Gasteiger partial charge < -0.3 is 10.2 Å². The summed E-state index contributed by atoms with van der Waals surface area (Å²) in [5.74, 6) is -0.112. The lowest BCUT2D eigenvalue weighted by molar-refractivity contribution is -0.144. The molecule has 2 heterocycles. The molecule has 0 spiro atoms. The summed E-state index contributed by atoms with van der Waals surface area (Å²) in [6.07, 6.45) is 0.528. The summed E-state index contributed by atoms with van der Waals surface area (Å²) < 4.78 is 1.20. The molecule has 126 valence electrons. The lowest BCUT2D eigenvalue weighted by atomic mass is 10.0. The molecule has 0 saturated carbocycles. The average Bonchev–Trinajstić information content (AvgIpc) is 3.03. The molecule has 1 saturated heterocycles. The molecule has 1 aliphatic heterocycles. The first-order valence-corrected chi connectivity index (χ1v) is 9.16. The number of nitrogens with one attached hydrogen (secondary N) is 1. The van der Waals surface area contributed by atoms with Crippen LogP contribution >= 0.6 is 11.3 Å². The number of amides is 2. The molecular formula is C20H18N2O2S. The van der Waals surface area contributed by atoms with Crippen molar-refractivity contribution in [3.05, 3.63) is 71.1 Å². The fraction of sp³-hybridized carbons (Fsp3) is 0.200. The Bertz CT molecular complexity index is 920. The molecule has 0 bridgehead atoms. The van der Waals surface area contributed by atoms with Gasteiger partial charge >= 0.3 is 0 Å². The highest BCUT2D eigenvalue weighted by Gasteiger charge is 2.33. The van der Waals surface area contributed by atoms with Crippen LogP contribution in [0.15, 0.2) is 60.0 Å². The van der Waals surface area contributed by atoms with Crippen LogP contribution in [0, 0.1) is 0 Å². The van der Waals surface area contributed by atoms with Crippen LogP contribution in [0.5, 0.6) is 0 Å². The van der Waals surface area contributed by atoms with Crippen molar-refractivity contribution in [1.82, 2.24) is 10.2 Å². The zero-order valence-electron chi connectivity index (χ0n) is 13.6. The van der Waals surface area contributed by atoms with Gasteiger partial charge in [-0.1, -0.05) is 48.5 Å². The summed E-state index contributed by atoms with van der Waals surface area (Å²) in [6.45, 7) is 0.586. The summed E-state index contributed by atoms with van der Waals surface area (Å²) in [5.41, 5.74) is 2.14. The molecule has 4 rings (SSSR count). The van der Waals surface area contributed by atoms with E-state index in [1.54, 1.807) is 16.2 Å². The van der Waals surface area contributed by atoms with E-state index in [4.69, 9.17) is 0 Å². The third kappa shape index (κ3) is 3.28. The zero-order chi connectivity index (χ0) is 17.2. The number of carbonyl (C=O) groups is 2. The number of thiophene rings is 1. The zero-order valence-corrected chi connectivity index (χ0v) is 14.5. The van der Waals surface area contributed by atoms with E-state index >= 15 is 0 Å². The lowest BCUT2D eigenvalue weighted by Crippen LogP contribution is -2.58. The third-order valence-electron chi connectivity index (χ3n) is 4.48. The number of benzene rings is 2. The SMILES string of the molecule is O=C1CN(Cc2ccccc2)C(=O)[C@@H](Cc2csc3ccccc23)N1. The second kappa shape index (κ2) is 6.69. The molecule has 0 radical (unpaired) electrons. The summed E-state index contributed by atoms with van der Waals surface area (Å²) in [7, 11) is 0. The highest BCUT2D eigenvalue weighted by Crippen LogP contribution is 2.27. The van der Waals surface area contributed by atoms with E-state index in [0.717, 1.165) is 16.5 Å². The molecule has 1 aliphatic rings. The Balaban J connectivity index is 1.55. The summed E-state index contributed by atoms with van der Waals surface area (Å²) in [4.78, 5) is 26.6. The highest BCUT2D eigenvalue weighted by atomic mass is 32.1. The van der Waals surface area contributed by atoms with Gasteiger partial charge in [0.1, 0.15) is 6.04 Å². The normalized spacial score (nSPS) is 17.8. The van der Waals surface area contributed by atoms with Crippen molar-refractivity contribution < 1.29 is 9.59 Å². The maximum absolute atomic E-state index is 12.9. The van der Waals surface area contributed by atoms with Crippen LogP contribution in [0.1, 0.15) is 11.1 Å². The highest BCUT2D eigenvalue weighted by molar-refractivity contribution is 7.17. The molecule has 3 aromatic rings. The monoisotopic (exact) mass is 350 g/mol. The van der Waals surface area contributed by atoms with E-state index in [2.05, 4.69) is 22.8 Å². The molecule has 0 aliphatic carbocycles. The van der Waals surface area contributed by atoms with E-state index in [9.17, 15) is 9.59 Å². The molecule has 25 heavy (non-hydrogen) atoms. The number of rotatable bonds is 4. The number of nitrogens with zero attached hydrogens (tertiary/aromatic N) is 1. The molecule has 2 amide bonds. The van der Waals surface area contributed by atoms with Crippen LogP contribution in [-0.2, 0) is 22.6 Å². The van der Waals surface area contributed by atoms with Crippen molar-refractivity contribution in [3.63, 3.8) is 0 Å². The van der Waals surface area contributed by atoms with E-state index < -0.39 is 6.04 Å². The first-order valence-electron chi connectivity index (χ1n) is 8.28. The average molecular weight is 350 g/mol. The van der Waals surface area contributed by atoms with Gasteiger partial charge in [-0.15, -0.1) is 11.3 Å². The van der Waals surface area contributed by atoms with Gasteiger partial charge in [-0.3, -0.25) is 9.59 Å². The van der Waals surface area contributed by atoms with Crippen molar-refractivity contribution in [3.8, 4) is 0 Å². The Hall–Kier alpha value is -2.66. The van der Waals surface area contributed by atoms with Crippen molar-refractivity contribution in [2.24, 2.45) is 0 Å². The van der Waals surface area contributed by atoms with E-state index in [0.29, 0.717) is 13.0 Å². The van der Waals surface area contributed by atoms with Crippen molar-refractivity contribution in [1.29, 1.82) is 0 Å². The van der Waals surface area contributed by atoms with Crippen LogP contribution < -0.4 is 5.32 Å². The Labute approximate surface area is 150 Å². The Kier molecular flexibility index (Phi) is 4.24. The molecule has 4 nitrogen and oxygen atoms in total. The summed E-state index contributed by atoms with van der Waals surface area (Å²) in [5, 5.41) is 6.10. The summed E-state index contributed by atoms with van der Waals surface area (Å²) >= 11 is 1.67. The van der Waals surface area contributed by atoms with Crippen molar-refractivity contribution in [2.45, 2.75) is 19.0 Å². The quantitative estimate of drug-likeness (QED) is 0.786. The second-order valence-corrected chi connectivity index (χ2v) is 7.17. The fourth-order valence-corrected chi connectivity index (χ4v) is 4.24. The van der Waals surface area contributed by atoms with Gasteiger partial charge in [-0.05, 0) is 28.0 Å². The van der Waals surface area contributed by atoms with E-state index in [1.807, 2.05) is 42.5 Å². The predicted molar refractivity (Wildman–Crippen MR) is 99.3 cm³/mol. The molecule has 2 aromatic carbocycles. The van der Waals surface area contributed by atoms with Gasteiger partial charge in [0.25, 0.3) is 0 Å². The number of piperazine rings is 1. The number of hydrogen-bond donors (Lipinski definition) is 1. The Morgan fingerprint density at radius 2 is 1.80 bits per heavy atom. The Morgan fingerprint density at radius 1 is 1.04 bits per heavy atom. The molecule has 1 fully saturated rings. The maximum atomic E-state index is 12.9. The molecule has 1 aromatic heterocycles. The van der Waals surface area contributed by atoms with Crippen LogP contribution in [0.3, 0.4) is 0 Å². The largest absolute Gasteiger partial charge is 0.342 e. The molecule has 0 unspecified atom stereocenters. The van der Waals surface area contributed by atoms with Gasteiger partial charge in [0, 0.05) is 17.7 Å². The predicted octanol–water partition coefficient (Wildman–Crippen LogP) is 2.97. The first-order chi connectivity index (χ1) is 12.2. The minimum atomic E-state index is -0.497. The standard InChI is InChI=1S/C20H18N2O2S/c23-19-12-22(11-14-6-2-1-3-7-14)20(24)17(21-19)10-15-13-25-18-9-5-4-8-16(15)18/h1-9,13,17H,10-12H2,(H,21,23)/t17-/m1/s1. The maximum Gasteiger partial charge on any atom is 0.246 e. The topological polar surface area (TPSA) is 49.4 Å². The smallest absolute Gasteiger partial charge is 0.246 e. The number of fused-ring (bicyclic) bond motifs is 1. The fourth-order valence-electron chi connectivity index (χ4n) is 3.26. The summed E-state index contributed by atoms with van der Waals surface area (Å²) in [6, 6.07) is 17.4. The van der Waals surface area contributed by atoms with E-state index in [-0.39, 0.29) is 18.4 Å². The Morgan fingerprint density at radius 3 is 2.64 bits per heavy atom. The molecule has 5 heteroatoms. The third-order valence-corrected chi connectivity index (χ3v) is 5.49. The van der Waals surface area contributed by atoms with Crippen LogP contribution in [0.25, 0.3) is 10.1 Å². The van der Waals surface area contributed by atoms with Gasteiger partial charge in [0.15, 0.2) is 0 Å². The van der Waals surface area contributed by atoms with Crippen molar-refractivity contribution in [2.75, 3.05) is 6.54 Å². The van der Waals surface area contributed by atoms with Gasteiger partial charge in [0.2, 0.25) is 11.8 Å². The van der Waals surface area contributed by atoms with E-state index in [1.165, 1.54) is 4.70 Å². The molecule has 1 atom stereocenters. The first kappa shape index (κ1) is 15.8. The number of carbonyl (C=O) groups excluding carboxylic acids is 2. The lowest BCUT2D eigenvalue weighted by Gasteiger charge is -2.32. The second-order valence-electron chi connectivity index (χ2n) is 6.26. The molecule has 1 N–H and O–H groups in total. The van der Waals surface area contributed by atoms with Crippen LogP contribution in [0.4, 0.5) is 0 Å². The van der Waals surface area contributed by atoms with Gasteiger partial charge in [-0.25, -0.2) is 0 Å².